The van der Waals surface area contributed by atoms with Crippen molar-refractivity contribution in [1.82, 2.24) is 10.3 Å². The molecule has 0 bridgehead atoms. The summed E-state index contributed by atoms with van der Waals surface area (Å²) < 4.78 is 47.1. The van der Waals surface area contributed by atoms with Crippen LogP contribution in [0.1, 0.15) is 5.56 Å². The number of aromatic nitrogens is 1. The van der Waals surface area contributed by atoms with Crippen LogP contribution < -0.4 is 15.0 Å². The molecule has 8 heteroatoms. The predicted molar refractivity (Wildman–Crippen MR) is 86.2 cm³/mol. The highest BCUT2D eigenvalue weighted by Gasteiger charge is 2.20. The van der Waals surface area contributed by atoms with Crippen LogP contribution in [0.15, 0.2) is 24.3 Å². The normalized spacial score (nSPS) is 14.2. The number of pyridine rings is 1. The summed E-state index contributed by atoms with van der Waals surface area (Å²) in [6.07, 6.45) is 0. The van der Waals surface area contributed by atoms with Crippen LogP contribution in [0.5, 0.6) is 5.88 Å². The van der Waals surface area contributed by atoms with Gasteiger partial charge in [-0.05, 0) is 6.07 Å². The SMILES string of the molecule is [C-]#[N+]c1ccc(COc2nc(N3CCNCC3)c(F)cc2F)c(F)c1. The minimum absolute atomic E-state index is 0.0155. The molecule has 0 amide bonds. The smallest absolute Gasteiger partial charge is 0.252 e. The third kappa shape index (κ3) is 3.83. The number of piperazine rings is 1. The number of halogens is 3. The molecular formula is C17H15F3N4O. The molecule has 1 aromatic carbocycles. The Morgan fingerprint density at radius 2 is 1.88 bits per heavy atom. The van der Waals surface area contributed by atoms with Gasteiger partial charge in [0.1, 0.15) is 12.4 Å². The molecule has 0 radical (unpaired) electrons. The summed E-state index contributed by atoms with van der Waals surface area (Å²) in [4.78, 5) is 8.75. The van der Waals surface area contributed by atoms with Crippen LogP contribution in [0.3, 0.4) is 0 Å². The van der Waals surface area contributed by atoms with Crippen molar-refractivity contribution in [2.45, 2.75) is 6.61 Å². The fraction of sp³-hybridized carbons (Fsp3) is 0.294. The monoisotopic (exact) mass is 348 g/mol. The van der Waals surface area contributed by atoms with E-state index in [0.29, 0.717) is 26.2 Å². The van der Waals surface area contributed by atoms with Crippen LogP contribution in [0.25, 0.3) is 4.85 Å². The van der Waals surface area contributed by atoms with Gasteiger partial charge in [0.15, 0.2) is 23.1 Å². The number of anilines is 1. The minimum atomic E-state index is -0.949. The number of benzene rings is 1. The quantitative estimate of drug-likeness (QED) is 0.863. The summed E-state index contributed by atoms with van der Waals surface area (Å²) in [5.74, 6) is -2.71. The summed E-state index contributed by atoms with van der Waals surface area (Å²) in [6.45, 7) is 9.00. The first-order valence-corrected chi connectivity index (χ1v) is 7.69. The average molecular weight is 348 g/mol. The van der Waals surface area contributed by atoms with E-state index >= 15 is 0 Å². The Labute approximate surface area is 142 Å². The number of ether oxygens (including phenoxy) is 1. The summed E-state index contributed by atoms with van der Waals surface area (Å²) in [5, 5.41) is 3.13. The molecule has 25 heavy (non-hydrogen) atoms. The molecule has 0 saturated carbocycles. The van der Waals surface area contributed by atoms with Crippen molar-refractivity contribution in [2.24, 2.45) is 0 Å². The number of nitrogens with one attached hydrogen (secondary N) is 1. The minimum Gasteiger partial charge on any atom is -0.471 e. The van der Waals surface area contributed by atoms with Crippen molar-refractivity contribution in [3.63, 3.8) is 0 Å². The zero-order valence-corrected chi connectivity index (χ0v) is 13.2. The molecule has 2 heterocycles. The lowest BCUT2D eigenvalue weighted by molar-refractivity contribution is 0.271. The Morgan fingerprint density at radius 3 is 2.56 bits per heavy atom. The van der Waals surface area contributed by atoms with E-state index in [0.717, 1.165) is 12.1 Å². The zero-order chi connectivity index (χ0) is 17.8. The average Bonchev–Trinajstić information content (AvgIpc) is 2.62. The Morgan fingerprint density at radius 1 is 1.12 bits per heavy atom. The van der Waals surface area contributed by atoms with E-state index in [9.17, 15) is 13.2 Å². The Kier molecular flexibility index (Phi) is 5.05. The van der Waals surface area contributed by atoms with E-state index in [-0.39, 0.29) is 29.6 Å². The van der Waals surface area contributed by atoms with Gasteiger partial charge in [-0.3, -0.25) is 0 Å². The van der Waals surface area contributed by atoms with E-state index in [1.54, 1.807) is 4.90 Å². The molecule has 1 aromatic heterocycles. The van der Waals surface area contributed by atoms with Crippen LogP contribution in [0.4, 0.5) is 24.7 Å². The molecule has 1 N–H and O–H groups in total. The highest BCUT2D eigenvalue weighted by molar-refractivity contribution is 5.46. The van der Waals surface area contributed by atoms with E-state index in [1.807, 2.05) is 0 Å². The first-order chi connectivity index (χ1) is 12.1. The van der Waals surface area contributed by atoms with Crippen LogP contribution >= 0.6 is 0 Å². The van der Waals surface area contributed by atoms with Crippen molar-refractivity contribution in [3.05, 3.63) is 58.7 Å². The van der Waals surface area contributed by atoms with Gasteiger partial charge in [0, 0.05) is 37.8 Å². The van der Waals surface area contributed by atoms with Crippen LogP contribution in [0.2, 0.25) is 0 Å². The van der Waals surface area contributed by atoms with Crippen LogP contribution in [0, 0.1) is 24.0 Å². The third-order valence-electron chi connectivity index (χ3n) is 3.83. The third-order valence-corrected chi connectivity index (χ3v) is 3.83. The molecule has 0 aliphatic carbocycles. The Balaban J connectivity index is 1.79. The van der Waals surface area contributed by atoms with E-state index < -0.39 is 17.5 Å². The molecule has 1 aliphatic rings. The van der Waals surface area contributed by atoms with Gasteiger partial charge in [0.2, 0.25) is 0 Å². The molecule has 130 valence electrons. The number of rotatable bonds is 4. The Bertz CT molecular complexity index is 816. The molecular weight excluding hydrogens is 333 g/mol. The van der Waals surface area contributed by atoms with Gasteiger partial charge in [0.05, 0.1) is 6.57 Å². The van der Waals surface area contributed by atoms with Crippen molar-refractivity contribution in [1.29, 1.82) is 0 Å². The molecule has 1 saturated heterocycles. The standard InChI is InChI=1S/C17H15F3N4O/c1-21-12-3-2-11(13(18)8-12)10-25-17-15(20)9-14(19)16(23-17)24-6-4-22-5-7-24/h2-3,8-9,22H,4-7,10H2. The van der Waals surface area contributed by atoms with Gasteiger partial charge in [-0.2, -0.15) is 4.98 Å². The van der Waals surface area contributed by atoms with Gasteiger partial charge < -0.3 is 15.0 Å². The molecule has 0 atom stereocenters. The van der Waals surface area contributed by atoms with Crippen LogP contribution in [-0.2, 0) is 6.61 Å². The molecule has 3 rings (SSSR count). The molecule has 0 unspecified atom stereocenters. The predicted octanol–water partition coefficient (Wildman–Crippen LogP) is 3.04. The van der Waals surface area contributed by atoms with Crippen molar-refractivity contribution < 1.29 is 17.9 Å². The fourth-order valence-electron chi connectivity index (χ4n) is 2.51. The molecule has 5 nitrogen and oxygen atoms in total. The first-order valence-electron chi connectivity index (χ1n) is 7.69. The summed E-state index contributed by atoms with van der Waals surface area (Å²) in [5.41, 5.74) is 0.315. The maximum atomic E-state index is 14.0. The summed E-state index contributed by atoms with van der Waals surface area (Å²) in [7, 11) is 0. The highest BCUT2D eigenvalue weighted by atomic mass is 19.1. The second kappa shape index (κ2) is 7.40. The second-order valence-corrected chi connectivity index (χ2v) is 5.49. The second-order valence-electron chi connectivity index (χ2n) is 5.49. The van der Waals surface area contributed by atoms with Gasteiger partial charge in [-0.25, -0.2) is 18.0 Å². The number of hydrogen-bond acceptors (Lipinski definition) is 4. The maximum absolute atomic E-state index is 14.0. The molecule has 0 spiro atoms. The van der Waals surface area contributed by atoms with Gasteiger partial charge >= 0.3 is 0 Å². The largest absolute Gasteiger partial charge is 0.471 e. The number of nitrogens with zero attached hydrogens (tertiary/aromatic N) is 3. The Hall–Kier alpha value is -2.79. The van der Waals surface area contributed by atoms with Crippen molar-refractivity contribution >= 4 is 11.5 Å². The van der Waals surface area contributed by atoms with Gasteiger partial charge in [-0.1, -0.05) is 12.1 Å². The van der Waals surface area contributed by atoms with E-state index in [2.05, 4.69) is 15.1 Å². The summed E-state index contributed by atoms with van der Waals surface area (Å²) in [6, 6.07) is 4.63. The number of hydrogen-bond donors (Lipinski definition) is 1. The summed E-state index contributed by atoms with van der Waals surface area (Å²) >= 11 is 0. The maximum Gasteiger partial charge on any atom is 0.252 e. The molecule has 1 fully saturated rings. The fourth-order valence-corrected chi connectivity index (χ4v) is 2.51. The molecule has 2 aromatic rings. The van der Waals surface area contributed by atoms with E-state index in [4.69, 9.17) is 11.3 Å². The van der Waals surface area contributed by atoms with Gasteiger partial charge in [0.25, 0.3) is 5.88 Å². The van der Waals surface area contributed by atoms with Gasteiger partial charge in [-0.15, -0.1) is 0 Å². The zero-order valence-electron chi connectivity index (χ0n) is 13.2. The van der Waals surface area contributed by atoms with Crippen molar-refractivity contribution in [3.8, 4) is 5.88 Å². The van der Waals surface area contributed by atoms with Crippen molar-refractivity contribution in [2.75, 3.05) is 31.1 Å². The first kappa shape index (κ1) is 17.0. The lowest BCUT2D eigenvalue weighted by atomic mass is 10.2. The lowest BCUT2D eigenvalue weighted by Gasteiger charge is -2.28. The highest BCUT2D eigenvalue weighted by Crippen LogP contribution is 2.25. The van der Waals surface area contributed by atoms with E-state index in [1.165, 1.54) is 12.1 Å². The topological polar surface area (TPSA) is 41.8 Å². The molecule has 1 aliphatic heterocycles. The lowest BCUT2D eigenvalue weighted by Crippen LogP contribution is -2.44. The van der Waals surface area contributed by atoms with Crippen LogP contribution in [-0.4, -0.2) is 31.2 Å².